The third-order valence-corrected chi connectivity index (χ3v) is 4.22. The van der Waals surface area contributed by atoms with Crippen molar-refractivity contribution in [2.24, 2.45) is 0 Å². The van der Waals surface area contributed by atoms with Crippen LogP contribution in [-0.2, 0) is 11.2 Å². The number of hydrogen-bond acceptors (Lipinski definition) is 4. The smallest absolute Gasteiger partial charge is 0.322 e. The van der Waals surface area contributed by atoms with E-state index in [1.807, 2.05) is 18.2 Å². The van der Waals surface area contributed by atoms with Crippen LogP contribution in [0.1, 0.15) is 17.0 Å². The second kappa shape index (κ2) is 8.14. The van der Waals surface area contributed by atoms with Crippen LogP contribution in [0.4, 0.5) is 10.1 Å². The molecule has 3 aromatic rings. The van der Waals surface area contributed by atoms with Gasteiger partial charge in [0.2, 0.25) is 5.91 Å². The summed E-state index contributed by atoms with van der Waals surface area (Å²) in [6.07, 6.45) is -0.188. The van der Waals surface area contributed by atoms with E-state index in [0.29, 0.717) is 22.8 Å². The zero-order valence-electron chi connectivity index (χ0n) is 14.8. The number of rotatable bonds is 5. The van der Waals surface area contributed by atoms with Gasteiger partial charge in [-0.15, -0.1) is 0 Å². The van der Waals surface area contributed by atoms with Crippen LogP contribution in [-0.4, -0.2) is 15.9 Å². The van der Waals surface area contributed by atoms with Crippen molar-refractivity contribution in [1.82, 2.24) is 9.97 Å². The summed E-state index contributed by atoms with van der Waals surface area (Å²) >= 11 is 5.98. The Balaban J connectivity index is 1.76. The van der Waals surface area contributed by atoms with Crippen LogP contribution in [0.2, 0.25) is 5.02 Å². The van der Waals surface area contributed by atoms with E-state index in [0.717, 1.165) is 0 Å². The first-order chi connectivity index (χ1) is 12.9. The molecule has 0 saturated heterocycles. The number of amides is 1. The maximum Gasteiger partial charge on any atom is 0.322 e. The van der Waals surface area contributed by atoms with Crippen molar-refractivity contribution in [2.75, 3.05) is 5.32 Å². The molecule has 0 aliphatic rings. The van der Waals surface area contributed by atoms with Gasteiger partial charge < -0.3 is 10.1 Å². The lowest BCUT2D eigenvalue weighted by atomic mass is 10.1. The van der Waals surface area contributed by atoms with E-state index in [1.165, 1.54) is 12.1 Å². The molecule has 0 spiro atoms. The number of carbonyl (C=O) groups excluding carboxylic acids is 1. The zero-order valence-corrected chi connectivity index (χ0v) is 15.5. The van der Waals surface area contributed by atoms with Gasteiger partial charge in [-0.2, -0.15) is 9.97 Å². The van der Waals surface area contributed by atoms with Crippen LogP contribution in [0.5, 0.6) is 11.8 Å². The Bertz CT molecular complexity index is 937. The summed E-state index contributed by atoms with van der Waals surface area (Å²) in [7, 11) is 0. The van der Waals surface area contributed by atoms with E-state index < -0.39 is 11.7 Å². The van der Waals surface area contributed by atoms with Crippen LogP contribution in [0.25, 0.3) is 0 Å². The van der Waals surface area contributed by atoms with Crippen molar-refractivity contribution in [3.8, 4) is 11.8 Å². The lowest BCUT2D eigenvalue weighted by Gasteiger charge is -2.13. The number of nitrogens with one attached hydrogen (secondary N) is 1. The molecule has 1 heterocycles. The van der Waals surface area contributed by atoms with Crippen molar-refractivity contribution in [3.05, 3.63) is 76.3 Å². The summed E-state index contributed by atoms with van der Waals surface area (Å²) in [6.45, 7) is 3.47. The van der Waals surface area contributed by atoms with Gasteiger partial charge in [0, 0.05) is 10.6 Å². The molecule has 0 aliphatic carbocycles. The average Bonchev–Trinajstić information content (AvgIpc) is 2.62. The van der Waals surface area contributed by atoms with Crippen LogP contribution < -0.4 is 10.1 Å². The van der Waals surface area contributed by atoms with Crippen LogP contribution in [0.3, 0.4) is 0 Å². The lowest BCUT2D eigenvalue weighted by Crippen LogP contribution is -2.18. The van der Waals surface area contributed by atoms with Crippen molar-refractivity contribution >= 4 is 23.2 Å². The number of aryl methyl sites for hydroxylation is 2. The van der Waals surface area contributed by atoms with E-state index in [4.69, 9.17) is 16.3 Å². The van der Waals surface area contributed by atoms with Gasteiger partial charge in [0.15, 0.2) is 0 Å². The number of hydrogen-bond donors (Lipinski definition) is 1. The molecular formula is C20H17ClFN3O2. The number of nitrogens with zero attached hydrogens (tertiary/aromatic N) is 2. The summed E-state index contributed by atoms with van der Waals surface area (Å²) in [4.78, 5) is 20.9. The number of ether oxygens (including phenoxy) is 1. The maximum atomic E-state index is 13.9. The van der Waals surface area contributed by atoms with E-state index in [9.17, 15) is 9.18 Å². The molecule has 7 heteroatoms. The summed E-state index contributed by atoms with van der Waals surface area (Å²) in [5.74, 6) is -0.315. The molecule has 0 aliphatic heterocycles. The van der Waals surface area contributed by atoms with Crippen LogP contribution >= 0.6 is 11.6 Å². The molecule has 1 aromatic heterocycles. The number of aromatic nitrogens is 2. The predicted octanol–water partition coefficient (Wildman–Crippen LogP) is 4.86. The Morgan fingerprint density at radius 1 is 1.07 bits per heavy atom. The van der Waals surface area contributed by atoms with Crippen molar-refractivity contribution in [3.63, 3.8) is 0 Å². The number of anilines is 1. The first-order valence-corrected chi connectivity index (χ1v) is 8.62. The number of halogens is 2. The number of para-hydroxylation sites is 1. The highest BCUT2D eigenvalue weighted by Crippen LogP contribution is 2.24. The highest BCUT2D eigenvalue weighted by Gasteiger charge is 2.16. The monoisotopic (exact) mass is 385 g/mol. The van der Waals surface area contributed by atoms with E-state index in [-0.39, 0.29) is 23.0 Å². The molecule has 0 bridgehead atoms. The van der Waals surface area contributed by atoms with E-state index in [1.54, 1.807) is 32.0 Å². The van der Waals surface area contributed by atoms with Crippen molar-refractivity contribution in [1.29, 1.82) is 0 Å². The van der Waals surface area contributed by atoms with Gasteiger partial charge in [0.05, 0.1) is 23.5 Å². The molecule has 5 nitrogen and oxygen atoms in total. The lowest BCUT2D eigenvalue weighted by molar-refractivity contribution is -0.115. The molecule has 0 radical (unpaired) electrons. The normalized spacial score (nSPS) is 10.5. The fourth-order valence-corrected chi connectivity index (χ4v) is 2.78. The molecule has 0 unspecified atom stereocenters. The summed E-state index contributed by atoms with van der Waals surface area (Å²) in [5.41, 5.74) is 1.70. The van der Waals surface area contributed by atoms with Crippen LogP contribution in [0.15, 0.2) is 48.5 Å². The van der Waals surface area contributed by atoms with Gasteiger partial charge in [-0.3, -0.25) is 4.79 Å². The second-order valence-corrected chi connectivity index (χ2v) is 6.30. The van der Waals surface area contributed by atoms with Gasteiger partial charge >= 0.3 is 6.01 Å². The fraction of sp³-hybridized carbons (Fsp3) is 0.150. The Labute approximate surface area is 161 Å². The summed E-state index contributed by atoms with van der Waals surface area (Å²) in [6, 6.07) is 13.6. The predicted molar refractivity (Wildman–Crippen MR) is 102 cm³/mol. The van der Waals surface area contributed by atoms with Crippen LogP contribution in [0, 0.1) is 19.7 Å². The number of benzene rings is 2. The average molecular weight is 386 g/mol. The first kappa shape index (κ1) is 18.8. The molecule has 1 N–H and O–H groups in total. The molecule has 1 amide bonds. The standard InChI is InChI=1S/C20H17ClFN3O2/c1-12-19(25-18(26)11-15-16(21)9-6-10-17(15)22)13(2)24-20(23-12)27-14-7-4-3-5-8-14/h3-10H,11H2,1-2H3,(H,25,26). The summed E-state index contributed by atoms with van der Waals surface area (Å²) < 4.78 is 19.5. The molecule has 27 heavy (non-hydrogen) atoms. The quantitative estimate of drug-likeness (QED) is 0.681. The maximum absolute atomic E-state index is 13.9. The van der Waals surface area contributed by atoms with Gasteiger partial charge in [-0.1, -0.05) is 35.9 Å². The highest BCUT2D eigenvalue weighted by molar-refractivity contribution is 6.31. The van der Waals surface area contributed by atoms with Gasteiger partial charge in [-0.05, 0) is 38.1 Å². The summed E-state index contributed by atoms with van der Waals surface area (Å²) in [5, 5.41) is 2.94. The Morgan fingerprint density at radius 2 is 1.74 bits per heavy atom. The minimum atomic E-state index is -0.519. The van der Waals surface area contributed by atoms with Gasteiger partial charge in [-0.25, -0.2) is 4.39 Å². The van der Waals surface area contributed by atoms with Crippen molar-refractivity contribution in [2.45, 2.75) is 20.3 Å². The van der Waals surface area contributed by atoms with E-state index >= 15 is 0 Å². The fourth-order valence-electron chi connectivity index (χ4n) is 2.55. The second-order valence-electron chi connectivity index (χ2n) is 5.89. The van der Waals surface area contributed by atoms with E-state index in [2.05, 4.69) is 15.3 Å². The molecule has 0 saturated carbocycles. The Morgan fingerprint density at radius 3 is 2.37 bits per heavy atom. The SMILES string of the molecule is Cc1nc(Oc2ccccc2)nc(C)c1NC(=O)Cc1c(F)cccc1Cl. The Kier molecular flexibility index (Phi) is 5.66. The largest absolute Gasteiger partial charge is 0.424 e. The third kappa shape index (κ3) is 4.60. The molecule has 3 rings (SSSR count). The first-order valence-electron chi connectivity index (χ1n) is 8.25. The molecule has 0 atom stereocenters. The molecular weight excluding hydrogens is 369 g/mol. The number of carbonyl (C=O) groups is 1. The molecule has 2 aromatic carbocycles. The molecule has 0 fully saturated rings. The zero-order chi connectivity index (χ0) is 19.4. The molecule has 138 valence electrons. The van der Waals surface area contributed by atoms with Gasteiger partial charge in [0.25, 0.3) is 0 Å². The minimum Gasteiger partial charge on any atom is -0.424 e. The minimum absolute atomic E-state index is 0.150. The van der Waals surface area contributed by atoms with Crippen molar-refractivity contribution < 1.29 is 13.9 Å². The third-order valence-electron chi connectivity index (χ3n) is 3.87. The topological polar surface area (TPSA) is 64.1 Å². The van der Waals surface area contributed by atoms with Gasteiger partial charge in [0.1, 0.15) is 11.6 Å². The highest BCUT2D eigenvalue weighted by atomic mass is 35.5. The Hall–Kier alpha value is -2.99.